The number of nitrogens with zero attached hydrogens (tertiary/aromatic N) is 10. The number of anilines is 2. The lowest BCUT2D eigenvalue weighted by Gasteiger charge is -2.35. The van der Waals surface area contributed by atoms with Gasteiger partial charge < -0.3 is 97.5 Å². The van der Waals surface area contributed by atoms with Crippen LogP contribution < -0.4 is 60.0 Å². The summed E-state index contributed by atoms with van der Waals surface area (Å²) in [5.41, 5.74) is 28.3. The molecule has 4 heterocycles. The Kier molecular flexibility index (Phi) is 43.5. The third-order valence-electron chi connectivity index (χ3n) is 21.1. The van der Waals surface area contributed by atoms with Gasteiger partial charge in [-0.2, -0.15) is 0 Å². The van der Waals surface area contributed by atoms with Crippen molar-refractivity contribution in [2.45, 2.75) is 144 Å². The van der Waals surface area contributed by atoms with Gasteiger partial charge in [0.05, 0.1) is 37.5 Å². The number of allylic oxidation sites excluding steroid dienone is 1. The van der Waals surface area contributed by atoms with E-state index in [1.54, 1.807) is 110 Å². The zero-order valence-electron chi connectivity index (χ0n) is 74.8. The number of hydrogen-bond acceptors (Lipinski definition) is 22. The molecule has 698 valence electrons. The van der Waals surface area contributed by atoms with Crippen LogP contribution in [-0.2, 0) is 87.0 Å². The van der Waals surface area contributed by atoms with E-state index < -0.39 is 101 Å². The standard InChI is InChI=1S/C42H55FN8O9.C41H53FN6O9.C4H8N4.CH3F.ClH/c1-6-49-23-31(40(57)58)38(55)30-20-32(43)35(21-34(30)49)50-14-16-51(17-15-50)42(59)60-24-27-12-10-26(11-13-27)18-36(53)33(22-46-41(44)45)47-39(56)29(25(2)3)19-28(52)8-7-9-37(54)48(4)5;1-6-46-23-31(40(54)55)38(52)30-20-32(42)35(21-34(30)46)47-14-16-48(17-15-47)41(56)57-24-27-12-10-26(11-13-27)18-36(50)33(22-43)44-39(53)29(25(2)3)19-28(49)8-7-9-37(51)45(4)5;5-2-1-3-8-4(6)7;1-2;/h10-13,20-21,23,25,29,33H,6-9,14-19,22,24H2,1-5H3,(H,47,56)(H,57,58)(H4,44,45,46);10-13,20-21,23,25,29,33H,6-9,14-19,22,24,43H2,1-5H3,(H,44,53)(H,54,55);1-3H,5H2,(H3,6,7);1H3;1H/t2*29-,33-;;;/m00.../s1/i;;;1D;. The number of pyridine rings is 2. The van der Waals surface area contributed by atoms with Crippen LogP contribution in [0.5, 0.6) is 0 Å². The smallest absolute Gasteiger partial charge is 0.410 e. The van der Waals surface area contributed by atoms with Crippen molar-refractivity contribution in [3.63, 3.8) is 0 Å². The fourth-order valence-electron chi connectivity index (χ4n) is 13.7. The number of alkyl halides is 1. The molecule has 40 heteroatoms. The van der Waals surface area contributed by atoms with E-state index in [0.29, 0.717) is 72.3 Å². The number of benzene rings is 4. The van der Waals surface area contributed by atoms with Gasteiger partial charge in [-0.1, -0.05) is 76.2 Å². The molecule has 2 aromatic heterocycles. The Labute approximate surface area is 747 Å². The number of carboxylic acids is 2. The zero-order chi connectivity index (χ0) is 95.3. The molecule has 4 aromatic carbocycles. The number of fused-ring (bicyclic) bond motifs is 2. The van der Waals surface area contributed by atoms with Gasteiger partial charge >= 0.3 is 24.1 Å². The number of aromatic carboxylic acids is 2. The lowest BCUT2D eigenvalue weighted by Crippen LogP contribution is -2.49. The van der Waals surface area contributed by atoms with Crippen LogP contribution in [0, 0.1) is 40.7 Å². The highest BCUT2D eigenvalue weighted by Crippen LogP contribution is 2.30. The first-order chi connectivity index (χ1) is 60.6. The quantitative estimate of drug-likeness (QED) is 0.0147. The number of aromatic nitrogens is 2. The first kappa shape index (κ1) is 105. The van der Waals surface area contributed by atoms with E-state index in [1.807, 2.05) is 27.7 Å². The fraction of sp³-hybridized carbons (Fsp3) is 0.466. The minimum atomic E-state index is -1.39. The number of amides is 6. The van der Waals surface area contributed by atoms with Gasteiger partial charge in [0.2, 0.25) is 40.4 Å². The Morgan fingerprint density at radius 2 is 0.945 bits per heavy atom. The molecule has 2 fully saturated rings. The first-order valence-corrected chi connectivity index (χ1v) is 41.3. The van der Waals surface area contributed by atoms with E-state index >= 15 is 8.78 Å². The number of aliphatic imine (C=N–C) groups is 2. The third-order valence-corrected chi connectivity index (χ3v) is 21.1. The molecular weight excluding hydrogens is 1690 g/mol. The monoisotopic (exact) mass is 1810 g/mol. The van der Waals surface area contributed by atoms with Gasteiger partial charge in [0, 0.05) is 193 Å². The first-order valence-electron chi connectivity index (χ1n) is 42.0. The number of hydrogen-bond donors (Lipinski definition) is 10. The van der Waals surface area contributed by atoms with Crippen molar-refractivity contribution in [1.29, 1.82) is 5.41 Å². The highest BCUT2D eigenvalue weighted by molar-refractivity contribution is 5.97. The van der Waals surface area contributed by atoms with Crippen LogP contribution in [-0.4, -0.2) is 241 Å². The molecule has 2 aliphatic rings. The number of carbonyl (C=O) groups is 12. The highest BCUT2D eigenvalue weighted by Gasteiger charge is 2.34. The number of halogens is 4. The second kappa shape index (κ2) is 52.8. The van der Waals surface area contributed by atoms with Crippen LogP contribution in [0.2, 0.25) is 0 Å². The predicted octanol–water partition coefficient (Wildman–Crippen LogP) is 6.47. The van der Waals surface area contributed by atoms with Gasteiger partial charge in [-0.25, -0.2) is 33.0 Å². The molecule has 6 aromatic rings. The number of piperazine rings is 2. The van der Waals surface area contributed by atoms with Crippen LogP contribution in [0.4, 0.5) is 34.1 Å². The predicted molar refractivity (Wildman–Crippen MR) is 482 cm³/mol. The molecule has 15 N–H and O–H groups in total. The Morgan fingerprint density at radius 3 is 1.27 bits per heavy atom. The molecule has 128 heavy (non-hydrogen) atoms. The van der Waals surface area contributed by atoms with Crippen LogP contribution in [0.15, 0.2) is 117 Å². The fourth-order valence-corrected chi connectivity index (χ4v) is 13.7. The molecule has 6 amide bonds. The number of ether oxygens (including phenoxy) is 2. The van der Waals surface area contributed by atoms with Crippen LogP contribution >= 0.6 is 12.4 Å². The SMILES string of the molecule is CCn1cc(C(=O)O)c(=O)c2cc(F)c(N3CCN(C(=O)OCc4ccc(CC(=O)[C@H](CN)NC(=O)[C@@H](CC(=O)CCCC(=O)N(C)C)C(C)C)cc4)CC3)cc21.CCn1cc(C(=O)O)c(=O)c2cc(F)c(N3CCN(C(=O)OCc4ccc(CC(=O)[C@H](CN=C(N)N)NC(=O)[C@@H](CC(=O)CCCC(=O)N(C)C)C(C)C)cc4)CC3)cc21.Cl.N=C(N)N=CC=CN.[2H]CF. The number of carbonyl (C=O) groups excluding carboxylic acids is 10. The summed E-state index contributed by atoms with van der Waals surface area (Å²) in [4.78, 5) is 194. The third kappa shape index (κ3) is 32.4. The summed E-state index contributed by atoms with van der Waals surface area (Å²) in [6, 6.07) is 16.9. The Morgan fingerprint density at radius 1 is 0.586 bits per heavy atom. The number of nitrogens with two attached hydrogens (primary N) is 5. The molecule has 0 saturated carbocycles. The van der Waals surface area contributed by atoms with Gasteiger partial charge in [-0.3, -0.25) is 62.7 Å². The molecule has 8 rings (SSSR count). The maximum absolute atomic E-state index is 15.3. The summed E-state index contributed by atoms with van der Waals surface area (Å²) in [5, 5.41) is 30.8. The number of nitrogens with one attached hydrogen (secondary N) is 3. The number of guanidine groups is 2. The summed E-state index contributed by atoms with van der Waals surface area (Å²) in [6.45, 7) is 13.3. The van der Waals surface area contributed by atoms with Crippen molar-refractivity contribution in [1.82, 2.24) is 39.4 Å². The molecule has 36 nitrogen and oxygen atoms in total. The number of rotatable bonds is 38. The number of ketones is 4. The molecule has 0 spiro atoms. The molecule has 4 atom stereocenters. The minimum Gasteiger partial charge on any atom is -0.477 e. The van der Waals surface area contributed by atoms with Crippen LogP contribution in [0.1, 0.15) is 137 Å². The van der Waals surface area contributed by atoms with E-state index in [9.17, 15) is 81.7 Å². The van der Waals surface area contributed by atoms with E-state index in [-0.39, 0.29) is 210 Å². The summed E-state index contributed by atoms with van der Waals surface area (Å²) in [5.74, 6) is -8.33. The molecule has 0 unspecified atom stereocenters. The molecule has 0 bridgehead atoms. The van der Waals surface area contributed by atoms with Gasteiger partial charge in [-0.05, 0) is 97.3 Å². The largest absolute Gasteiger partial charge is 0.477 e. The Bertz CT molecular complexity index is 5130. The van der Waals surface area contributed by atoms with E-state index in [2.05, 4.69) is 20.6 Å². The van der Waals surface area contributed by atoms with Gasteiger partial charge in [0.1, 0.15) is 59.6 Å². The van der Waals surface area contributed by atoms with Crippen molar-refractivity contribution >= 4 is 135 Å². The molecule has 0 aliphatic carbocycles. The Balaban J connectivity index is 0.000000481. The van der Waals surface area contributed by atoms with Gasteiger partial charge in [0.15, 0.2) is 17.5 Å². The van der Waals surface area contributed by atoms with Gasteiger partial charge in [0.25, 0.3) is 0 Å². The van der Waals surface area contributed by atoms with Gasteiger partial charge in [-0.15, -0.1) is 12.4 Å². The molecular formula is C88H120ClF3N18O18. The molecule has 0 radical (unpaired) electrons. The van der Waals surface area contributed by atoms with E-state index in [4.69, 9.17) is 44.9 Å². The average molecular weight is 1810 g/mol. The number of aryl methyl sites for hydroxylation is 2. The second-order valence-corrected chi connectivity index (χ2v) is 31.2. The van der Waals surface area contributed by atoms with E-state index in [0.717, 1.165) is 12.1 Å². The van der Waals surface area contributed by atoms with Crippen LogP contribution in [0.3, 0.4) is 0 Å². The number of carboxylic acid groups (broad SMARTS) is 2. The summed E-state index contributed by atoms with van der Waals surface area (Å²) >= 11 is 0. The van der Waals surface area contributed by atoms with E-state index in [1.165, 1.54) is 62.6 Å². The zero-order valence-corrected chi connectivity index (χ0v) is 74.6. The molecule has 2 saturated heterocycles. The highest BCUT2D eigenvalue weighted by atomic mass is 35.5. The average Bonchev–Trinajstić information content (AvgIpc) is 0.766. The van der Waals surface area contributed by atoms with Crippen molar-refractivity contribution in [2.24, 2.45) is 62.3 Å². The maximum Gasteiger partial charge on any atom is 0.410 e. The maximum atomic E-state index is 15.3. The summed E-state index contributed by atoms with van der Waals surface area (Å²) in [7, 11) is 5.59. The minimum absolute atomic E-state index is 0. The van der Waals surface area contributed by atoms with Crippen molar-refractivity contribution < 1.29 is 91.8 Å². The molecule has 2 aliphatic heterocycles. The topological polar surface area (TPSA) is 530 Å². The normalized spacial score (nSPS) is 13.5. The lowest BCUT2D eigenvalue weighted by atomic mass is 9.88. The van der Waals surface area contributed by atoms with Crippen molar-refractivity contribution in [3.05, 3.63) is 163 Å². The Hall–Kier alpha value is -13.1. The second-order valence-electron chi connectivity index (χ2n) is 31.2. The van der Waals surface area contributed by atoms with Crippen LogP contribution in [0.25, 0.3) is 21.8 Å². The lowest BCUT2D eigenvalue weighted by molar-refractivity contribution is -0.133. The van der Waals surface area contributed by atoms with Crippen molar-refractivity contribution in [3.8, 4) is 0 Å². The number of Topliss-reactive ketones (excluding diaryl/α,β-unsaturated/α-hetero) is 4. The van der Waals surface area contributed by atoms with Crippen molar-refractivity contribution in [2.75, 3.05) is 111 Å². The summed E-state index contributed by atoms with van der Waals surface area (Å²) < 4.78 is 60.4. The summed E-state index contributed by atoms with van der Waals surface area (Å²) in [6.07, 6.45) is 7.02.